The van der Waals surface area contributed by atoms with Gasteiger partial charge in [-0.2, -0.15) is 4.31 Å². The molecule has 1 N–H and O–H groups in total. The Morgan fingerprint density at radius 1 is 1.26 bits per heavy atom. The van der Waals surface area contributed by atoms with Crippen LogP contribution in [0.5, 0.6) is 0 Å². The van der Waals surface area contributed by atoms with E-state index in [4.69, 9.17) is 0 Å². The average molecular weight is 311 g/mol. The van der Waals surface area contributed by atoms with Gasteiger partial charge in [0.05, 0.1) is 4.90 Å². The van der Waals surface area contributed by atoms with Crippen LogP contribution in [0.15, 0.2) is 17.0 Å². The van der Waals surface area contributed by atoms with Crippen molar-refractivity contribution in [2.45, 2.75) is 18.7 Å². The quantitative estimate of drug-likeness (QED) is 0.900. The van der Waals surface area contributed by atoms with E-state index in [2.05, 4.69) is 5.32 Å². The van der Waals surface area contributed by atoms with E-state index >= 15 is 0 Å². The van der Waals surface area contributed by atoms with Gasteiger partial charge in [-0.3, -0.25) is 0 Å². The van der Waals surface area contributed by atoms with Crippen LogP contribution in [0.2, 0.25) is 0 Å². The summed E-state index contributed by atoms with van der Waals surface area (Å²) < 4.78 is 39.2. The Bertz CT molecular complexity index is 512. The molecule has 0 unspecified atom stereocenters. The van der Waals surface area contributed by atoms with Crippen LogP contribution < -0.4 is 5.32 Å². The topological polar surface area (TPSA) is 49.4 Å². The van der Waals surface area contributed by atoms with Crippen LogP contribution in [0.4, 0.5) is 4.39 Å². The van der Waals surface area contributed by atoms with Gasteiger partial charge in [-0.1, -0.05) is 0 Å². The molecule has 0 aliphatic heterocycles. The van der Waals surface area contributed by atoms with Gasteiger partial charge in [0.15, 0.2) is 0 Å². The molecule has 110 valence electrons. The lowest BCUT2D eigenvalue weighted by molar-refractivity contribution is 0.465. The van der Waals surface area contributed by atoms with Gasteiger partial charge < -0.3 is 5.32 Å². The molecule has 0 heterocycles. The Kier molecular flexibility index (Phi) is 6.93. The Balaban J connectivity index is 0.00000324. The van der Waals surface area contributed by atoms with Crippen molar-refractivity contribution >= 4 is 22.4 Å². The molecule has 0 aromatic heterocycles. The summed E-state index contributed by atoms with van der Waals surface area (Å²) in [7, 11) is -0.281. The molecule has 0 aliphatic rings. The van der Waals surface area contributed by atoms with Crippen molar-refractivity contribution < 1.29 is 12.8 Å². The third-order valence-corrected chi connectivity index (χ3v) is 4.93. The van der Waals surface area contributed by atoms with Gasteiger partial charge in [-0.05, 0) is 44.2 Å². The Labute approximate surface area is 120 Å². The highest BCUT2D eigenvalue weighted by Gasteiger charge is 2.24. The monoisotopic (exact) mass is 310 g/mol. The lowest BCUT2D eigenvalue weighted by Crippen LogP contribution is -2.33. The molecule has 0 saturated heterocycles. The molecule has 7 heteroatoms. The summed E-state index contributed by atoms with van der Waals surface area (Å²) in [5.41, 5.74) is 0.868. The molecule has 0 amide bonds. The lowest BCUT2D eigenvalue weighted by Gasteiger charge is -2.20. The maximum atomic E-state index is 13.2. The first-order valence-electron chi connectivity index (χ1n) is 5.68. The summed E-state index contributed by atoms with van der Waals surface area (Å²) in [6.07, 6.45) is 0. The van der Waals surface area contributed by atoms with Crippen molar-refractivity contribution in [3.05, 3.63) is 29.1 Å². The van der Waals surface area contributed by atoms with Crippen LogP contribution in [-0.4, -0.2) is 39.9 Å². The fraction of sp³-hybridized carbons (Fsp3) is 0.500. The summed E-state index contributed by atoms with van der Waals surface area (Å²) in [5.74, 6) is -0.415. The van der Waals surface area contributed by atoms with Gasteiger partial charge in [-0.25, -0.2) is 12.8 Å². The van der Waals surface area contributed by atoms with Crippen molar-refractivity contribution in [2.75, 3.05) is 27.2 Å². The van der Waals surface area contributed by atoms with Crippen molar-refractivity contribution in [1.29, 1.82) is 0 Å². The molecule has 1 aromatic carbocycles. The SMILES string of the molecule is CNCCN(C)S(=O)(=O)c1c(C)cc(F)cc1C.Cl. The molecular weight excluding hydrogens is 291 g/mol. The zero-order chi connectivity index (χ0) is 13.9. The third-order valence-electron chi connectivity index (χ3n) is 2.77. The van der Waals surface area contributed by atoms with E-state index in [9.17, 15) is 12.8 Å². The molecule has 19 heavy (non-hydrogen) atoms. The van der Waals surface area contributed by atoms with Crippen molar-refractivity contribution in [1.82, 2.24) is 9.62 Å². The Morgan fingerprint density at radius 2 is 1.74 bits per heavy atom. The molecule has 4 nitrogen and oxygen atoms in total. The maximum absolute atomic E-state index is 13.2. The summed E-state index contributed by atoms with van der Waals surface area (Å²) in [6, 6.07) is 2.48. The zero-order valence-corrected chi connectivity index (χ0v) is 13.2. The van der Waals surface area contributed by atoms with Crippen LogP contribution >= 0.6 is 12.4 Å². The van der Waals surface area contributed by atoms with Gasteiger partial charge in [0.1, 0.15) is 5.82 Å². The van der Waals surface area contributed by atoms with Crippen LogP contribution in [0.25, 0.3) is 0 Å². The number of hydrogen-bond acceptors (Lipinski definition) is 3. The molecule has 0 radical (unpaired) electrons. The maximum Gasteiger partial charge on any atom is 0.243 e. The summed E-state index contributed by atoms with van der Waals surface area (Å²) in [6.45, 7) is 4.15. The first-order chi connectivity index (χ1) is 8.30. The van der Waals surface area contributed by atoms with Crippen LogP contribution in [0, 0.1) is 19.7 Å². The van der Waals surface area contributed by atoms with Crippen LogP contribution in [-0.2, 0) is 10.0 Å². The number of sulfonamides is 1. The molecule has 0 saturated carbocycles. The van der Waals surface area contributed by atoms with Gasteiger partial charge in [-0.15, -0.1) is 12.4 Å². The predicted molar refractivity (Wildman–Crippen MR) is 76.9 cm³/mol. The number of aryl methyl sites for hydroxylation is 2. The fourth-order valence-corrected chi connectivity index (χ4v) is 3.42. The standard InChI is InChI=1S/C12H19FN2O2S.ClH/c1-9-7-11(13)8-10(2)12(9)18(16,17)15(4)6-5-14-3;/h7-8,14H,5-6H2,1-4H3;1H. The van der Waals surface area contributed by atoms with Gasteiger partial charge in [0.25, 0.3) is 0 Å². The van der Waals surface area contributed by atoms with Crippen LogP contribution in [0.1, 0.15) is 11.1 Å². The van der Waals surface area contributed by atoms with Gasteiger partial charge in [0.2, 0.25) is 10.0 Å². The molecule has 1 aromatic rings. The van der Waals surface area contributed by atoms with E-state index in [0.717, 1.165) is 0 Å². The first-order valence-corrected chi connectivity index (χ1v) is 7.12. The molecule has 0 fully saturated rings. The highest BCUT2D eigenvalue weighted by molar-refractivity contribution is 7.89. The predicted octanol–water partition coefficient (Wildman–Crippen LogP) is 1.70. The van der Waals surface area contributed by atoms with E-state index in [1.807, 2.05) is 0 Å². The van der Waals surface area contributed by atoms with E-state index in [1.165, 1.54) is 23.5 Å². The summed E-state index contributed by atoms with van der Waals surface area (Å²) in [4.78, 5) is 0.197. The molecule has 0 spiro atoms. The minimum absolute atomic E-state index is 0. The molecular formula is C12H20ClFN2O2S. The van der Waals surface area contributed by atoms with E-state index in [1.54, 1.807) is 20.9 Å². The van der Waals surface area contributed by atoms with E-state index in [-0.39, 0.29) is 17.3 Å². The third kappa shape index (κ3) is 4.14. The molecule has 0 atom stereocenters. The number of halogens is 2. The van der Waals surface area contributed by atoms with Gasteiger partial charge >= 0.3 is 0 Å². The fourth-order valence-electron chi connectivity index (χ4n) is 1.85. The second-order valence-corrected chi connectivity index (χ2v) is 6.28. The summed E-state index contributed by atoms with van der Waals surface area (Å²) in [5, 5.41) is 2.89. The first kappa shape index (κ1) is 18.3. The lowest BCUT2D eigenvalue weighted by atomic mass is 10.1. The second kappa shape index (κ2) is 7.19. The normalized spacial score (nSPS) is 11.5. The molecule has 0 bridgehead atoms. The zero-order valence-electron chi connectivity index (χ0n) is 11.5. The minimum Gasteiger partial charge on any atom is -0.318 e. The summed E-state index contributed by atoms with van der Waals surface area (Å²) >= 11 is 0. The largest absolute Gasteiger partial charge is 0.318 e. The average Bonchev–Trinajstić information content (AvgIpc) is 2.23. The number of likely N-dealkylation sites (N-methyl/N-ethyl adjacent to an activating group) is 2. The number of nitrogens with zero attached hydrogens (tertiary/aromatic N) is 1. The molecule has 1 rings (SSSR count). The minimum atomic E-state index is -3.56. The van der Waals surface area contributed by atoms with E-state index in [0.29, 0.717) is 24.2 Å². The smallest absolute Gasteiger partial charge is 0.243 e. The second-order valence-electron chi connectivity index (χ2n) is 4.30. The number of benzene rings is 1. The Hall–Kier alpha value is -0.690. The number of hydrogen-bond donors (Lipinski definition) is 1. The van der Waals surface area contributed by atoms with Crippen LogP contribution in [0.3, 0.4) is 0 Å². The number of rotatable bonds is 5. The van der Waals surface area contributed by atoms with Crippen molar-refractivity contribution in [2.24, 2.45) is 0 Å². The van der Waals surface area contributed by atoms with Gasteiger partial charge in [0, 0.05) is 20.1 Å². The van der Waals surface area contributed by atoms with E-state index < -0.39 is 15.8 Å². The van der Waals surface area contributed by atoms with Crippen molar-refractivity contribution in [3.63, 3.8) is 0 Å². The number of nitrogens with one attached hydrogen (secondary N) is 1. The highest BCUT2D eigenvalue weighted by Crippen LogP contribution is 2.23. The Morgan fingerprint density at radius 3 is 2.16 bits per heavy atom. The molecule has 0 aliphatic carbocycles. The highest BCUT2D eigenvalue weighted by atomic mass is 35.5. The van der Waals surface area contributed by atoms with Crippen molar-refractivity contribution in [3.8, 4) is 0 Å².